The van der Waals surface area contributed by atoms with Crippen molar-refractivity contribution >= 4 is 0 Å². The second-order valence-electron chi connectivity index (χ2n) is 8.53. The van der Waals surface area contributed by atoms with Gasteiger partial charge < -0.3 is 19.5 Å². The molecule has 1 heterocycles. The van der Waals surface area contributed by atoms with Gasteiger partial charge in [-0.15, -0.1) is 0 Å². The Bertz CT molecular complexity index is 835. The fourth-order valence-corrected chi connectivity index (χ4v) is 4.60. The van der Waals surface area contributed by atoms with Gasteiger partial charge in [0, 0.05) is 24.8 Å². The van der Waals surface area contributed by atoms with Crippen LogP contribution in [0.4, 0.5) is 4.39 Å². The summed E-state index contributed by atoms with van der Waals surface area (Å²) in [5.74, 6) is 1.56. The van der Waals surface area contributed by atoms with Crippen molar-refractivity contribution in [3.05, 3.63) is 59.4 Å². The van der Waals surface area contributed by atoms with Crippen molar-refractivity contribution in [1.29, 1.82) is 0 Å². The number of aryl methyl sites for hydroxylation is 1. The van der Waals surface area contributed by atoms with E-state index < -0.39 is 0 Å². The maximum atomic E-state index is 14.1. The minimum absolute atomic E-state index is 0.199. The summed E-state index contributed by atoms with van der Waals surface area (Å²) in [7, 11) is 0. The van der Waals surface area contributed by atoms with Crippen LogP contribution < -0.4 is 14.8 Å². The third kappa shape index (κ3) is 5.98. The molecule has 1 aliphatic carbocycles. The summed E-state index contributed by atoms with van der Waals surface area (Å²) in [6.07, 6.45) is 7.21. The molecular formula is C26H34FNO3. The van der Waals surface area contributed by atoms with Gasteiger partial charge in [-0.1, -0.05) is 18.2 Å². The standard InChI is InChI=1S/C26H34FNO3/c1-2-29-17-5-16-28-20-9-11-21(12-10-20)30-22-13-15-25-19(18-22)8-14-26(31-25)23-6-3-4-7-24(23)27/h3-4,6-7,13,15,18,20-21,26,28H,2,5,8-12,14,16-17H2,1H3. The molecule has 0 saturated heterocycles. The maximum absolute atomic E-state index is 14.1. The van der Waals surface area contributed by atoms with Gasteiger partial charge in [0.15, 0.2) is 0 Å². The molecule has 4 rings (SSSR count). The molecule has 168 valence electrons. The van der Waals surface area contributed by atoms with Crippen molar-refractivity contribution in [1.82, 2.24) is 5.32 Å². The lowest BCUT2D eigenvalue weighted by Crippen LogP contribution is -2.37. The van der Waals surface area contributed by atoms with Gasteiger partial charge in [-0.25, -0.2) is 4.39 Å². The number of fused-ring (bicyclic) bond motifs is 1. The number of halogens is 1. The lowest BCUT2D eigenvalue weighted by Gasteiger charge is -2.30. The van der Waals surface area contributed by atoms with Crippen molar-refractivity contribution in [2.75, 3.05) is 19.8 Å². The van der Waals surface area contributed by atoms with Crippen LogP contribution in [0.3, 0.4) is 0 Å². The van der Waals surface area contributed by atoms with E-state index in [4.69, 9.17) is 14.2 Å². The maximum Gasteiger partial charge on any atom is 0.130 e. The van der Waals surface area contributed by atoms with Gasteiger partial charge in [-0.2, -0.15) is 0 Å². The van der Waals surface area contributed by atoms with Crippen LogP contribution in [-0.2, 0) is 11.2 Å². The van der Waals surface area contributed by atoms with E-state index >= 15 is 0 Å². The number of ether oxygens (including phenoxy) is 3. The molecule has 1 saturated carbocycles. The normalized spacial score (nSPS) is 23.1. The molecule has 2 aromatic rings. The van der Waals surface area contributed by atoms with Crippen LogP contribution in [0.15, 0.2) is 42.5 Å². The Morgan fingerprint density at radius 1 is 1.06 bits per heavy atom. The highest BCUT2D eigenvalue weighted by Gasteiger charge is 2.25. The first-order valence-electron chi connectivity index (χ1n) is 11.7. The first-order valence-corrected chi connectivity index (χ1v) is 11.7. The van der Waals surface area contributed by atoms with Crippen LogP contribution in [0.1, 0.15) is 62.7 Å². The molecule has 1 N–H and O–H groups in total. The van der Waals surface area contributed by atoms with E-state index in [1.165, 1.54) is 6.07 Å². The van der Waals surface area contributed by atoms with Crippen LogP contribution in [0.5, 0.6) is 11.5 Å². The Morgan fingerprint density at radius 2 is 1.90 bits per heavy atom. The molecule has 1 unspecified atom stereocenters. The first-order chi connectivity index (χ1) is 15.2. The second kappa shape index (κ2) is 11.0. The molecule has 4 nitrogen and oxygen atoms in total. The van der Waals surface area contributed by atoms with Crippen LogP contribution in [0.2, 0.25) is 0 Å². The summed E-state index contributed by atoms with van der Waals surface area (Å²) in [6, 6.07) is 13.5. The van der Waals surface area contributed by atoms with E-state index in [9.17, 15) is 4.39 Å². The molecule has 0 radical (unpaired) electrons. The Kier molecular flexibility index (Phi) is 7.81. The number of benzene rings is 2. The molecule has 1 atom stereocenters. The van der Waals surface area contributed by atoms with E-state index in [0.29, 0.717) is 11.6 Å². The van der Waals surface area contributed by atoms with Gasteiger partial charge in [0.25, 0.3) is 0 Å². The van der Waals surface area contributed by atoms with Crippen molar-refractivity contribution in [3.8, 4) is 11.5 Å². The minimum Gasteiger partial charge on any atom is -0.490 e. The van der Waals surface area contributed by atoms with Gasteiger partial charge in [-0.3, -0.25) is 0 Å². The molecule has 1 aliphatic heterocycles. The summed E-state index contributed by atoms with van der Waals surface area (Å²) in [6.45, 7) is 4.69. The highest BCUT2D eigenvalue weighted by atomic mass is 19.1. The van der Waals surface area contributed by atoms with E-state index in [1.54, 1.807) is 6.07 Å². The molecule has 31 heavy (non-hydrogen) atoms. The highest BCUT2D eigenvalue weighted by molar-refractivity contribution is 5.42. The Labute approximate surface area is 185 Å². The predicted octanol–water partition coefficient (Wildman–Crippen LogP) is 5.60. The molecular weight excluding hydrogens is 393 g/mol. The lowest BCUT2D eigenvalue weighted by molar-refractivity contribution is 0.131. The molecule has 2 aromatic carbocycles. The Morgan fingerprint density at radius 3 is 2.71 bits per heavy atom. The molecule has 0 amide bonds. The quantitative estimate of drug-likeness (QED) is 0.529. The number of rotatable bonds is 9. The van der Waals surface area contributed by atoms with E-state index in [2.05, 4.69) is 11.4 Å². The molecule has 2 aliphatic rings. The average molecular weight is 428 g/mol. The van der Waals surface area contributed by atoms with E-state index in [0.717, 1.165) is 81.8 Å². The fourth-order valence-electron chi connectivity index (χ4n) is 4.60. The van der Waals surface area contributed by atoms with Crippen LogP contribution in [-0.4, -0.2) is 31.9 Å². The number of nitrogens with one attached hydrogen (secondary N) is 1. The smallest absolute Gasteiger partial charge is 0.130 e. The van der Waals surface area contributed by atoms with Gasteiger partial charge in [0.2, 0.25) is 0 Å². The van der Waals surface area contributed by atoms with Gasteiger partial charge in [0.1, 0.15) is 23.4 Å². The summed E-state index contributed by atoms with van der Waals surface area (Å²) >= 11 is 0. The Balaban J connectivity index is 1.25. The predicted molar refractivity (Wildman–Crippen MR) is 120 cm³/mol. The molecule has 0 spiro atoms. The third-order valence-electron chi connectivity index (χ3n) is 6.31. The number of hydrogen-bond acceptors (Lipinski definition) is 4. The van der Waals surface area contributed by atoms with E-state index in [1.807, 2.05) is 31.2 Å². The molecule has 5 heteroatoms. The first kappa shape index (κ1) is 22.1. The molecule has 1 fully saturated rings. The van der Waals surface area contributed by atoms with Crippen molar-refractivity contribution in [3.63, 3.8) is 0 Å². The van der Waals surface area contributed by atoms with Crippen molar-refractivity contribution in [2.45, 2.75) is 70.1 Å². The highest BCUT2D eigenvalue weighted by Crippen LogP contribution is 2.38. The zero-order chi connectivity index (χ0) is 21.5. The summed E-state index contributed by atoms with van der Waals surface area (Å²) in [4.78, 5) is 0. The van der Waals surface area contributed by atoms with E-state index in [-0.39, 0.29) is 18.0 Å². The lowest BCUT2D eigenvalue weighted by atomic mass is 9.92. The monoisotopic (exact) mass is 427 g/mol. The summed E-state index contributed by atoms with van der Waals surface area (Å²) in [5.41, 5.74) is 1.78. The van der Waals surface area contributed by atoms with Crippen LogP contribution in [0.25, 0.3) is 0 Å². The SMILES string of the molecule is CCOCCCNC1CCC(Oc2ccc3c(c2)CCC(c2ccccc2F)O3)CC1. The largest absolute Gasteiger partial charge is 0.490 e. The molecule has 0 bridgehead atoms. The van der Waals surface area contributed by atoms with Crippen molar-refractivity contribution < 1.29 is 18.6 Å². The topological polar surface area (TPSA) is 39.7 Å². The fraction of sp³-hybridized carbons (Fsp3) is 0.538. The minimum atomic E-state index is -0.225. The van der Waals surface area contributed by atoms with Crippen molar-refractivity contribution in [2.24, 2.45) is 0 Å². The third-order valence-corrected chi connectivity index (χ3v) is 6.31. The van der Waals surface area contributed by atoms with Crippen LogP contribution in [0, 0.1) is 5.82 Å². The Hall–Kier alpha value is -2.11. The summed E-state index contributed by atoms with van der Waals surface area (Å²) < 4.78 is 31.9. The van der Waals surface area contributed by atoms with Gasteiger partial charge in [-0.05, 0) is 88.2 Å². The zero-order valence-corrected chi connectivity index (χ0v) is 18.4. The summed E-state index contributed by atoms with van der Waals surface area (Å²) in [5, 5.41) is 3.65. The second-order valence-corrected chi connectivity index (χ2v) is 8.53. The zero-order valence-electron chi connectivity index (χ0n) is 18.4. The van der Waals surface area contributed by atoms with Crippen LogP contribution >= 0.6 is 0 Å². The van der Waals surface area contributed by atoms with Gasteiger partial charge in [0.05, 0.1) is 6.10 Å². The number of hydrogen-bond donors (Lipinski definition) is 1. The average Bonchev–Trinajstić information content (AvgIpc) is 2.80. The van der Waals surface area contributed by atoms with Gasteiger partial charge >= 0.3 is 0 Å². The molecule has 0 aromatic heterocycles.